The van der Waals surface area contributed by atoms with Gasteiger partial charge in [-0.15, -0.1) is 0 Å². The number of alkyl halides is 6. The van der Waals surface area contributed by atoms with Gasteiger partial charge in [0.05, 0.1) is 11.1 Å². The van der Waals surface area contributed by atoms with Crippen molar-refractivity contribution in [3.63, 3.8) is 0 Å². The summed E-state index contributed by atoms with van der Waals surface area (Å²) < 4.78 is 76.7. The molecule has 0 saturated carbocycles. The molecule has 24 heavy (non-hydrogen) atoms. The van der Waals surface area contributed by atoms with Crippen molar-refractivity contribution in [2.24, 2.45) is 0 Å². The fourth-order valence-corrected chi connectivity index (χ4v) is 2.05. The second-order valence-corrected chi connectivity index (χ2v) is 4.97. The van der Waals surface area contributed by atoms with E-state index in [1.165, 1.54) is 24.3 Å². The van der Waals surface area contributed by atoms with Gasteiger partial charge in [-0.1, -0.05) is 30.3 Å². The molecule has 1 atom stereocenters. The number of hydrogen-bond donors (Lipinski definition) is 1. The summed E-state index contributed by atoms with van der Waals surface area (Å²) in [5.41, 5.74) is -3.98. The zero-order chi connectivity index (χ0) is 18.1. The summed E-state index contributed by atoms with van der Waals surface area (Å²) in [6, 6.07) is 7.66. The number of carbonyl (C=O) groups excluding carboxylic acids is 1. The van der Waals surface area contributed by atoms with Crippen molar-refractivity contribution >= 4 is 5.78 Å². The molecule has 0 aliphatic heterocycles. The van der Waals surface area contributed by atoms with E-state index < -0.39 is 40.9 Å². The Balaban J connectivity index is 2.51. The lowest BCUT2D eigenvalue weighted by Gasteiger charge is -2.17. The van der Waals surface area contributed by atoms with Crippen molar-refractivity contribution < 1.29 is 36.2 Å². The number of rotatable bonds is 3. The maximum atomic E-state index is 12.8. The van der Waals surface area contributed by atoms with E-state index in [9.17, 15) is 36.2 Å². The topological polar surface area (TPSA) is 37.3 Å². The minimum Gasteiger partial charge on any atom is -0.380 e. The van der Waals surface area contributed by atoms with E-state index in [-0.39, 0.29) is 11.6 Å². The van der Waals surface area contributed by atoms with Gasteiger partial charge in [0.15, 0.2) is 5.78 Å². The largest absolute Gasteiger partial charge is 0.416 e. The van der Waals surface area contributed by atoms with Crippen LogP contribution >= 0.6 is 0 Å². The Morgan fingerprint density at radius 2 is 1.29 bits per heavy atom. The van der Waals surface area contributed by atoms with Crippen LogP contribution in [0.1, 0.15) is 33.2 Å². The minimum atomic E-state index is -5.05. The molecule has 0 spiro atoms. The maximum Gasteiger partial charge on any atom is 0.416 e. The van der Waals surface area contributed by atoms with E-state index in [1.807, 2.05) is 0 Å². The molecule has 0 fully saturated rings. The smallest absolute Gasteiger partial charge is 0.380 e. The SMILES string of the molecule is O=C(c1ccccc1)C(O)c1cc(C(F)(F)F)cc(C(F)(F)F)c1. The first kappa shape index (κ1) is 18.0. The van der Waals surface area contributed by atoms with E-state index >= 15 is 0 Å². The first-order valence-electron chi connectivity index (χ1n) is 6.57. The van der Waals surface area contributed by atoms with Crippen LogP contribution in [0, 0.1) is 0 Å². The van der Waals surface area contributed by atoms with Gasteiger partial charge >= 0.3 is 12.4 Å². The average molecular weight is 348 g/mol. The number of aliphatic hydroxyl groups is 1. The van der Waals surface area contributed by atoms with Crippen LogP contribution in [0.15, 0.2) is 48.5 Å². The van der Waals surface area contributed by atoms with Gasteiger partial charge in [0, 0.05) is 5.56 Å². The lowest BCUT2D eigenvalue weighted by atomic mass is 9.96. The highest BCUT2D eigenvalue weighted by atomic mass is 19.4. The number of carbonyl (C=O) groups is 1. The molecule has 0 radical (unpaired) electrons. The summed E-state index contributed by atoms with van der Waals surface area (Å²) in [6.45, 7) is 0. The average Bonchev–Trinajstić information content (AvgIpc) is 2.52. The normalized spacial score (nSPS) is 13.6. The van der Waals surface area contributed by atoms with Gasteiger partial charge in [0.25, 0.3) is 0 Å². The van der Waals surface area contributed by atoms with E-state index in [2.05, 4.69) is 0 Å². The van der Waals surface area contributed by atoms with Crippen molar-refractivity contribution in [3.05, 3.63) is 70.8 Å². The molecule has 0 saturated heterocycles. The molecule has 2 nitrogen and oxygen atoms in total. The fraction of sp³-hybridized carbons (Fsp3) is 0.188. The lowest BCUT2D eigenvalue weighted by molar-refractivity contribution is -0.143. The zero-order valence-electron chi connectivity index (χ0n) is 11.8. The van der Waals surface area contributed by atoms with Gasteiger partial charge in [0.2, 0.25) is 0 Å². The van der Waals surface area contributed by atoms with Crippen LogP contribution < -0.4 is 0 Å². The van der Waals surface area contributed by atoms with E-state index in [0.29, 0.717) is 12.1 Å². The van der Waals surface area contributed by atoms with Gasteiger partial charge in [-0.2, -0.15) is 26.3 Å². The standard InChI is InChI=1S/C16H10F6O2/c17-15(18,19)11-6-10(7-12(8-11)16(20,21)22)14(24)13(23)9-4-2-1-3-5-9/h1-8,14,24H. The molecule has 0 aromatic heterocycles. The third-order valence-corrected chi connectivity index (χ3v) is 3.23. The van der Waals surface area contributed by atoms with Gasteiger partial charge in [-0.3, -0.25) is 4.79 Å². The van der Waals surface area contributed by atoms with E-state index in [4.69, 9.17) is 0 Å². The summed E-state index contributed by atoms with van der Waals surface area (Å²) in [5, 5.41) is 9.94. The van der Waals surface area contributed by atoms with Crippen molar-refractivity contribution in [3.8, 4) is 0 Å². The van der Waals surface area contributed by atoms with Crippen molar-refractivity contribution in [1.82, 2.24) is 0 Å². The summed E-state index contributed by atoms with van der Waals surface area (Å²) in [6.07, 6.45) is -12.2. The Labute approximate surface area is 132 Å². The molecule has 0 aliphatic carbocycles. The molecule has 1 unspecified atom stereocenters. The monoisotopic (exact) mass is 348 g/mol. The van der Waals surface area contributed by atoms with E-state index in [1.54, 1.807) is 6.07 Å². The van der Waals surface area contributed by atoms with Crippen molar-refractivity contribution in [1.29, 1.82) is 0 Å². The predicted molar refractivity (Wildman–Crippen MR) is 72.2 cm³/mol. The highest BCUT2D eigenvalue weighted by molar-refractivity contribution is 5.99. The first-order chi connectivity index (χ1) is 11.0. The molecule has 2 rings (SSSR count). The number of Topliss-reactive ketones (excluding diaryl/α,β-unsaturated/α-hetero) is 1. The Bertz CT molecular complexity index is 702. The molecule has 2 aromatic carbocycles. The molecule has 0 aliphatic rings. The molecule has 0 bridgehead atoms. The van der Waals surface area contributed by atoms with Crippen LogP contribution in [0.5, 0.6) is 0 Å². The van der Waals surface area contributed by atoms with Crippen LogP contribution in [0.25, 0.3) is 0 Å². The number of ketones is 1. The Morgan fingerprint density at radius 1 is 0.833 bits per heavy atom. The van der Waals surface area contributed by atoms with Crippen molar-refractivity contribution in [2.75, 3.05) is 0 Å². The van der Waals surface area contributed by atoms with Gasteiger partial charge in [-0.05, 0) is 23.8 Å². The Hall–Kier alpha value is -2.35. The second kappa shape index (κ2) is 6.27. The number of hydrogen-bond acceptors (Lipinski definition) is 2. The zero-order valence-corrected chi connectivity index (χ0v) is 11.8. The van der Waals surface area contributed by atoms with Gasteiger partial charge in [0.1, 0.15) is 6.10 Å². The lowest BCUT2D eigenvalue weighted by Crippen LogP contribution is -2.16. The predicted octanol–water partition coefficient (Wildman–Crippen LogP) is 4.64. The third kappa shape index (κ3) is 3.94. The van der Waals surface area contributed by atoms with Crippen LogP contribution in [0.4, 0.5) is 26.3 Å². The maximum absolute atomic E-state index is 12.8. The first-order valence-corrected chi connectivity index (χ1v) is 6.57. The molecular weight excluding hydrogens is 338 g/mol. The molecule has 128 valence electrons. The number of halogens is 6. The minimum absolute atomic E-state index is 0.0315. The molecule has 8 heteroatoms. The molecule has 1 N–H and O–H groups in total. The Kier molecular flexibility index (Phi) is 4.70. The van der Waals surface area contributed by atoms with Crippen LogP contribution in [0.3, 0.4) is 0 Å². The Morgan fingerprint density at radius 3 is 1.71 bits per heavy atom. The van der Waals surface area contributed by atoms with Crippen LogP contribution in [-0.2, 0) is 12.4 Å². The molecule has 2 aromatic rings. The number of benzene rings is 2. The second-order valence-electron chi connectivity index (χ2n) is 4.97. The molecule has 0 heterocycles. The third-order valence-electron chi connectivity index (χ3n) is 3.23. The molecule has 0 amide bonds. The summed E-state index contributed by atoms with van der Waals surface area (Å²) >= 11 is 0. The quantitative estimate of drug-likeness (QED) is 0.648. The highest BCUT2D eigenvalue weighted by Gasteiger charge is 2.38. The summed E-state index contributed by atoms with van der Waals surface area (Å²) in [5.74, 6) is -0.997. The van der Waals surface area contributed by atoms with E-state index in [0.717, 1.165) is 0 Å². The van der Waals surface area contributed by atoms with Crippen LogP contribution in [0.2, 0.25) is 0 Å². The summed E-state index contributed by atoms with van der Waals surface area (Å²) in [4.78, 5) is 12.1. The highest BCUT2D eigenvalue weighted by Crippen LogP contribution is 2.37. The van der Waals surface area contributed by atoms with Crippen molar-refractivity contribution in [2.45, 2.75) is 18.5 Å². The number of aliphatic hydroxyl groups excluding tert-OH is 1. The molecular formula is C16H10F6O2. The van der Waals surface area contributed by atoms with Crippen LogP contribution in [-0.4, -0.2) is 10.9 Å². The summed E-state index contributed by atoms with van der Waals surface area (Å²) in [7, 11) is 0. The van der Waals surface area contributed by atoms with Gasteiger partial charge in [-0.25, -0.2) is 0 Å². The fourth-order valence-electron chi connectivity index (χ4n) is 2.05. The van der Waals surface area contributed by atoms with Gasteiger partial charge < -0.3 is 5.11 Å².